The van der Waals surface area contributed by atoms with Gasteiger partial charge in [0, 0.05) is 5.56 Å². The van der Waals surface area contributed by atoms with E-state index in [-0.39, 0.29) is 15.8 Å². The van der Waals surface area contributed by atoms with Crippen molar-refractivity contribution >= 4 is 28.8 Å². The van der Waals surface area contributed by atoms with Gasteiger partial charge in [0.25, 0.3) is 0 Å². The van der Waals surface area contributed by atoms with Crippen LogP contribution in [0.2, 0.25) is 10.0 Å². The topological polar surface area (TPSA) is 41.5 Å². The monoisotopic (exact) mass is 397 g/mol. The lowest BCUT2D eigenvalue weighted by atomic mass is 9.78. The molecule has 2 N–H and O–H groups in total. The molecule has 0 amide bonds. The largest absolute Gasteiger partial charge is 0.573 e. The summed E-state index contributed by atoms with van der Waals surface area (Å²) < 4.78 is 41.0. The first kappa shape index (κ1) is 20.2. The van der Waals surface area contributed by atoms with Gasteiger partial charge in [-0.05, 0) is 44.5 Å². The second-order valence-corrected chi connectivity index (χ2v) is 6.99. The lowest BCUT2D eigenvalue weighted by Crippen LogP contribution is -2.46. The fourth-order valence-electron chi connectivity index (χ4n) is 3.34. The van der Waals surface area contributed by atoms with Crippen LogP contribution in [0.1, 0.15) is 44.6 Å². The number of rotatable bonds is 4. The fraction of sp³-hybridized carbons (Fsp3) is 0.529. The summed E-state index contributed by atoms with van der Waals surface area (Å²) >= 11 is 12.3. The molecule has 1 aromatic carbocycles. The Kier molecular flexibility index (Phi) is 6.17. The maximum absolute atomic E-state index is 12.4. The molecule has 0 unspecified atom stereocenters. The first-order valence-electron chi connectivity index (χ1n) is 7.94. The zero-order chi connectivity index (χ0) is 18.8. The average Bonchev–Trinajstić information content (AvgIpc) is 2.52. The molecule has 2 rings (SSSR count). The van der Waals surface area contributed by atoms with Crippen molar-refractivity contribution in [1.82, 2.24) is 5.32 Å². The predicted octanol–water partition coefficient (Wildman–Crippen LogP) is 6.10. The van der Waals surface area contributed by atoms with Crippen molar-refractivity contribution in [3.05, 3.63) is 33.5 Å². The minimum absolute atomic E-state index is 0.0159. The number of hydrogen-bond acceptors (Lipinski definition) is 3. The second kappa shape index (κ2) is 7.64. The van der Waals surface area contributed by atoms with Crippen LogP contribution in [-0.2, 0) is 0 Å². The summed E-state index contributed by atoms with van der Waals surface area (Å²) in [5, 5.41) is 14.0. The smallest absolute Gasteiger partial charge is 0.510 e. The number of alkyl halides is 3. The Labute approximate surface area is 154 Å². The highest BCUT2D eigenvalue weighted by Gasteiger charge is 2.37. The van der Waals surface area contributed by atoms with Crippen molar-refractivity contribution in [2.24, 2.45) is 0 Å². The molecule has 3 nitrogen and oxygen atoms in total. The Morgan fingerprint density at radius 3 is 2.12 bits per heavy atom. The standard InChI is InChI=1S/C17H20Cl2F3NO2/c1-10(15(24)16(23-2)6-4-3-5-7-16)14-12(18)8-11(9-13(14)19)25-17(20,21)22/h8-9,23-24H,3-7H2,1-2H3/b15-10-. The summed E-state index contributed by atoms with van der Waals surface area (Å²) in [5.74, 6) is -0.387. The minimum atomic E-state index is -4.83. The van der Waals surface area contributed by atoms with Crippen molar-refractivity contribution < 1.29 is 23.0 Å². The number of nitrogens with one attached hydrogen (secondary N) is 1. The van der Waals surface area contributed by atoms with E-state index in [1.807, 2.05) is 0 Å². The number of aliphatic hydroxyl groups is 1. The summed E-state index contributed by atoms with van der Waals surface area (Å²) in [4.78, 5) is 0. The summed E-state index contributed by atoms with van der Waals surface area (Å²) in [5.41, 5.74) is 0.163. The minimum Gasteiger partial charge on any atom is -0.510 e. The Morgan fingerprint density at radius 1 is 1.16 bits per heavy atom. The summed E-state index contributed by atoms with van der Waals surface area (Å²) in [6.45, 7) is 1.65. The Balaban J connectivity index is 2.45. The van der Waals surface area contributed by atoms with Gasteiger partial charge in [-0.2, -0.15) is 0 Å². The molecule has 1 aliphatic rings. The second-order valence-electron chi connectivity index (χ2n) is 6.18. The van der Waals surface area contributed by atoms with E-state index in [0.29, 0.717) is 11.1 Å². The molecular formula is C17H20Cl2F3NO2. The van der Waals surface area contributed by atoms with E-state index in [4.69, 9.17) is 23.2 Å². The molecule has 0 bridgehead atoms. The number of ether oxygens (including phenoxy) is 1. The molecular weight excluding hydrogens is 378 g/mol. The van der Waals surface area contributed by atoms with Gasteiger partial charge < -0.3 is 15.2 Å². The Morgan fingerprint density at radius 2 is 1.68 bits per heavy atom. The zero-order valence-electron chi connectivity index (χ0n) is 13.9. The molecule has 1 saturated carbocycles. The van der Waals surface area contributed by atoms with E-state index in [1.165, 1.54) is 0 Å². The van der Waals surface area contributed by atoms with E-state index < -0.39 is 17.7 Å². The van der Waals surface area contributed by atoms with Crippen LogP contribution in [0.3, 0.4) is 0 Å². The molecule has 1 aromatic rings. The number of hydrogen-bond donors (Lipinski definition) is 2. The molecule has 1 fully saturated rings. The third kappa shape index (κ3) is 4.54. The lowest BCUT2D eigenvalue weighted by Gasteiger charge is -2.37. The van der Waals surface area contributed by atoms with E-state index in [0.717, 1.165) is 44.2 Å². The quantitative estimate of drug-likeness (QED) is 0.602. The lowest BCUT2D eigenvalue weighted by molar-refractivity contribution is -0.274. The normalized spacial score (nSPS) is 18.7. The van der Waals surface area contributed by atoms with Crippen molar-refractivity contribution in [3.63, 3.8) is 0 Å². The van der Waals surface area contributed by atoms with Crippen LogP contribution in [-0.4, -0.2) is 24.1 Å². The number of aliphatic hydroxyl groups excluding tert-OH is 1. The number of likely N-dealkylation sites (N-methyl/N-ethyl adjacent to an activating group) is 1. The molecule has 0 spiro atoms. The number of halogens is 5. The van der Waals surface area contributed by atoms with Crippen LogP contribution in [0.25, 0.3) is 5.57 Å². The van der Waals surface area contributed by atoms with Gasteiger partial charge in [0.15, 0.2) is 0 Å². The van der Waals surface area contributed by atoms with Gasteiger partial charge >= 0.3 is 6.36 Å². The average molecular weight is 398 g/mol. The van der Waals surface area contributed by atoms with Gasteiger partial charge in [-0.25, -0.2) is 0 Å². The van der Waals surface area contributed by atoms with E-state index in [1.54, 1.807) is 14.0 Å². The Bertz CT molecular complexity index is 645. The highest BCUT2D eigenvalue weighted by molar-refractivity contribution is 6.37. The zero-order valence-corrected chi connectivity index (χ0v) is 15.4. The molecule has 0 aliphatic heterocycles. The van der Waals surface area contributed by atoms with Gasteiger partial charge in [0.2, 0.25) is 0 Å². The molecule has 0 radical (unpaired) electrons. The summed E-state index contributed by atoms with van der Waals surface area (Å²) in [6.07, 6.45) is -0.273. The van der Waals surface area contributed by atoms with Crippen LogP contribution in [0.4, 0.5) is 13.2 Å². The van der Waals surface area contributed by atoms with Gasteiger partial charge in [-0.3, -0.25) is 0 Å². The molecule has 0 aromatic heterocycles. The molecule has 1 aliphatic carbocycles. The third-order valence-electron chi connectivity index (χ3n) is 4.62. The Hall–Kier alpha value is -1.11. The SMILES string of the molecule is CNC1(/C(O)=C(\C)c2c(Cl)cc(OC(F)(F)F)cc2Cl)CCCCC1. The first-order valence-corrected chi connectivity index (χ1v) is 8.69. The van der Waals surface area contributed by atoms with E-state index in [9.17, 15) is 18.3 Å². The number of allylic oxidation sites excluding steroid dienone is 1. The van der Waals surface area contributed by atoms with Gasteiger partial charge in [-0.15, -0.1) is 13.2 Å². The highest BCUT2D eigenvalue weighted by Crippen LogP contribution is 2.41. The first-order chi connectivity index (χ1) is 11.6. The molecule has 0 heterocycles. The van der Waals surface area contributed by atoms with Gasteiger partial charge in [0.1, 0.15) is 11.5 Å². The van der Waals surface area contributed by atoms with Crippen molar-refractivity contribution in [2.45, 2.75) is 50.9 Å². The van der Waals surface area contributed by atoms with Crippen LogP contribution in [0.5, 0.6) is 5.75 Å². The summed E-state index contributed by atoms with van der Waals surface area (Å²) in [6, 6.07) is 2.08. The maximum Gasteiger partial charge on any atom is 0.573 e. The van der Waals surface area contributed by atoms with Crippen molar-refractivity contribution in [1.29, 1.82) is 0 Å². The van der Waals surface area contributed by atoms with E-state index >= 15 is 0 Å². The van der Waals surface area contributed by atoms with Crippen molar-refractivity contribution in [3.8, 4) is 5.75 Å². The van der Waals surface area contributed by atoms with E-state index in [2.05, 4.69) is 10.1 Å². The van der Waals surface area contributed by atoms with Crippen LogP contribution in [0.15, 0.2) is 17.9 Å². The van der Waals surface area contributed by atoms with Crippen LogP contribution < -0.4 is 10.1 Å². The molecule has 0 atom stereocenters. The molecule has 25 heavy (non-hydrogen) atoms. The van der Waals surface area contributed by atoms with Crippen LogP contribution in [0, 0.1) is 0 Å². The van der Waals surface area contributed by atoms with Gasteiger partial charge in [-0.1, -0.05) is 42.5 Å². The predicted molar refractivity (Wildman–Crippen MR) is 93.2 cm³/mol. The fourth-order valence-corrected chi connectivity index (χ4v) is 4.09. The third-order valence-corrected chi connectivity index (χ3v) is 5.21. The summed E-state index contributed by atoms with van der Waals surface area (Å²) in [7, 11) is 1.78. The van der Waals surface area contributed by atoms with Crippen molar-refractivity contribution in [2.75, 3.05) is 7.05 Å². The maximum atomic E-state index is 12.4. The highest BCUT2D eigenvalue weighted by atomic mass is 35.5. The molecule has 8 heteroatoms. The molecule has 0 saturated heterocycles. The molecule has 140 valence electrons. The van der Waals surface area contributed by atoms with Gasteiger partial charge in [0.05, 0.1) is 15.6 Å². The number of benzene rings is 1. The van der Waals surface area contributed by atoms with Crippen LogP contribution >= 0.6 is 23.2 Å².